The summed E-state index contributed by atoms with van der Waals surface area (Å²) in [5, 5.41) is -0.218. The van der Waals surface area contributed by atoms with Crippen molar-refractivity contribution in [2.75, 3.05) is 12.4 Å². The quantitative estimate of drug-likeness (QED) is 0.641. The lowest BCUT2D eigenvalue weighted by Crippen LogP contribution is -2.45. The zero-order chi connectivity index (χ0) is 10.6. The summed E-state index contributed by atoms with van der Waals surface area (Å²) < 4.78 is 28.6. The van der Waals surface area contributed by atoms with Gasteiger partial charge in [-0.25, -0.2) is 8.42 Å². The monoisotopic (exact) mass is 220 g/mol. The fourth-order valence-electron chi connectivity index (χ4n) is 1.63. The number of ether oxygens (including phenoxy) is 1. The fourth-order valence-corrected chi connectivity index (χ4v) is 3.23. The highest BCUT2D eigenvalue weighted by Gasteiger charge is 2.40. The molecule has 0 saturated heterocycles. The van der Waals surface area contributed by atoms with Gasteiger partial charge in [0, 0.05) is 12.4 Å². The molecular formula is C10H20O3S. The summed E-state index contributed by atoms with van der Waals surface area (Å²) in [6.45, 7) is 4.51. The van der Waals surface area contributed by atoms with Gasteiger partial charge in [-0.15, -0.1) is 0 Å². The highest BCUT2D eigenvalue weighted by Crippen LogP contribution is 2.30. The number of hydrogen-bond donors (Lipinski definition) is 0. The van der Waals surface area contributed by atoms with Crippen molar-refractivity contribution in [1.82, 2.24) is 0 Å². The fraction of sp³-hybridized carbons (Fsp3) is 1.00. The van der Waals surface area contributed by atoms with E-state index in [4.69, 9.17) is 4.74 Å². The second-order valence-electron chi connectivity index (χ2n) is 3.83. The van der Waals surface area contributed by atoms with Crippen LogP contribution in [-0.2, 0) is 14.6 Å². The van der Waals surface area contributed by atoms with Gasteiger partial charge in [0.1, 0.15) is 0 Å². The topological polar surface area (TPSA) is 43.4 Å². The summed E-state index contributed by atoms with van der Waals surface area (Å²) in [5.41, 5.74) is 0. The molecule has 0 aromatic heterocycles. The van der Waals surface area contributed by atoms with E-state index < -0.39 is 9.84 Å². The SMILES string of the molecule is CCCCO[C@@H]1CC[C@@H]1S(=O)(=O)CC. The third-order valence-corrected chi connectivity index (χ3v) is 5.11. The summed E-state index contributed by atoms with van der Waals surface area (Å²) in [6, 6.07) is 0. The lowest BCUT2D eigenvalue weighted by atomic mass is 9.95. The minimum absolute atomic E-state index is 0.0218. The molecule has 0 heterocycles. The van der Waals surface area contributed by atoms with Gasteiger partial charge in [-0.2, -0.15) is 0 Å². The highest BCUT2D eigenvalue weighted by molar-refractivity contribution is 7.92. The minimum atomic E-state index is -2.87. The van der Waals surface area contributed by atoms with Crippen LogP contribution in [0.3, 0.4) is 0 Å². The molecule has 0 radical (unpaired) electrons. The third-order valence-electron chi connectivity index (χ3n) is 2.84. The van der Waals surface area contributed by atoms with Crippen molar-refractivity contribution in [1.29, 1.82) is 0 Å². The lowest BCUT2D eigenvalue weighted by molar-refractivity contribution is 0.00467. The molecule has 4 heteroatoms. The van der Waals surface area contributed by atoms with Crippen LogP contribution in [0.5, 0.6) is 0 Å². The van der Waals surface area contributed by atoms with Crippen LogP contribution in [0.15, 0.2) is 0 Å². The van der Waals surface area contributed by atoms with Gasteiger partial charge in [0.25, 0.3) is 0 Å². The molecular weight excluding hydrogens is 200 g/mol. The number of sulfone groups is 1. The van der Waals surface area contributed by atoms with E-state index in [1.807, 2.05) is 0 Å². The van der Waals surface area contributed by atoms with E-state index in [1.165, 1.54) is 0 Å². The first-order chi connectivity index (χ1) is 6.61. The molecule has 1 rings (SSSR count). The Morgan fingerprint density at radius 1 is 1.29 bits per heavy atom. The number of unbranched alkanes of at least 4 members (excludes halogenated alkanes) is 1. The Labute approximate surface area is 86.8 Å². The summed E-state index contributed by atoms with van der Waals surface area (Å²) in [4.78, 5) is 0. The maximum absolute atomic E-state index is 11.5. The zero-order valence-corrected chi connectivity index (χ0v) is 9.85. The van der Waals surface area contributed by atoms with Crippen LogP contribution in [0.2, 0.25) is 0 Å². The van der Waals surface area contributed by atoms with Gasteiger partial charge in [0.05, 0.1) is 11.4 Å². The Hall–Kier alpha value is -0.0900. The van der Waals surface area contributed by atoms with Crippen LogP contribution < -0.4 is 0 Å². The maximum atomic E-state index is 11.5. The first kappa shape index (κ1) is 12.0. The summed E-state index contributed by atoms with van der Waals surface area (Å²) in [7, 11) is -2.87. The Bertz CT molecular complexity index is 259. The van der Waals surface area contributed by atoms with Crippen LogP contribution in [0, 0.1) is 0 Å². The van der Waals surface area contributed by atoms with Crippen LogP contribution >= 0.6 is 0 Å². The van der Waals surface area contributed by atoms with E-state index in [-0.39, 0.29) is 17.1 Å². The Balaban J connectivity index is 2.35. The molecule has 14 heavy (non-hydrogen) atoms. The van der Waals surface area contributed by atoms with Gasteiger partial charge in [-0.3, -0.25) is 0 Å². The predicted octanol–water partition coefficient (Wildman–Crippen LogP) is 1.77. The molecule has 1 fully saturated rings. The molecule has 3 nitrogen and oxygen atoms in total. The van der Waals surface area contributed by atoms with Gasteiger partial charge in [0.2, 0.25) is 0 Å². The summed E-state index contributed by atoms with van der Waals surface area (Å²) in [5.74, 6) is 0.241. The third kappa shape index (κ3) is 2.70. The van der Waals surface area contributed by atoms with Crippen molar-refractivity contribution in [3.63, 3.8) is 0 Å². The van der Waals surface area contributed by atoms with E-state index in [2.05, 4.69) is 6.92 Å². The largest absolute Gasteiger partial charge is 0.377 e. The van der Waals surface area contributed by atoms with Gasteiger partial charge in [-0.1, -0.05) is 20.3 Å². The minimum Gasteiger partial charge on any atom is -0.377 e. The molecule has 0 spiro atoms. The molecule has 0 bridgehead atoms. The molecule has 0 aliphatic heterocycles. The Morgan fingerprint density at radius 2 is 2.00 bits per heavy atom. The average molecular weight is 220 g/mol. The van der Waals surface area contributed by atoms with E-state index in [0.717, 1.165) is 25.7 Å². The normalized spacial score (nSPS) is 27.3. The maximum Gasteiger partial charge on any atom is 0.155 e. The molecule has 1 aliphatic carbocycles. The molecule has 1 saturated carbocycles. The van der Waals surface area contributed by atoms with Crippen molar-refractivity contribution in [3.05, 3.63) is 0 Å². The molecule has 0 aromatic carbocycles. The number of rotatable bonds is 6. The second-order valence-corrected chi connectivity index (χ2v) is 6.34. The van der Waals surface area contributed by atoms with Crippen molar-refractivity contribution in [2.45, 2.75) is 50.9 Å². The van der Waals surface area contributed by atoms with Gasteiger partial charge in [-0.05, 0) is 19.3 Å². The molecule has 84 valence electrons. The Kier molecular flexibility index (Phi) is 4.38. The standard InChI is InChI=1S/C10H20O3S/c1-3-5-8-13-9-6-7-10(9)14(11,12)4-2/h9-10H,3-8H2,1-2H3/t9-,10+/m1/s1. The zero-order valence-electron chi connectivity index (χ0n) is 9.03. The average Bonchev–Trinajstić information content (AvgIpc) is 2.10. The smallest absolute Gasteiger partial charge is 0.155 e. The van der Waals surface area contributed by atoms with Crippen molar-refractivity contribution in [3.8, 4) is 0 Å². The predicted molar refractivity (Wildman–Crippen MR) is 57.1 cm³/mol. The molecule has 2 atom stereocenters. The van der Waals surface area contributed by atoms with Crippen molar-refractivity contribution >= 4 is 9.84 Å². The summed E-state index contributed by atoms with van der Waals surface area (Å²) >= 11 is 0. The highest BCUT2D eigenvalue weighted by atomic mass is 32.2. The molecule has 0 aromatic rings. The van der Waals surface area contributed by atoms with E-state index in [9.17, 15) is 8.42 Å². The van der Waals surface area contributed by atoms with Gasteiger partial charge < -0.3 is 4.74 Å². The molecule has 1 aliphatic rings. The first-order valence-electron chi connectivity index (χ1n) is 5.45. The van der Waals surface area contributed by atoms with Crippen LogP contribution in [0.25, 0.3) is 0 Å². The first-order valence-corrected chi connectivity index (χ1v) is 7.16. The van der Waals surface area contributed by atoms with E-state index >= 15 is 0 Å². The van der Waals surface area contributed by atoms with Crippen molar-refractivity contribution in [2.24, 2.45) is 0 Å². The Morgan fingerprint density at radius 3 is 2.43 bits per heavy atom. The van der Waals surface area contributed by atoms with Crippen molar-refractivity contribution < 1.29 is 13.2 Å². The second kappa shape index (κ2) is 5.12. The van der Waals surface area contributed by atoms with Gasteiger partial charge >= 0.3 is 0 Å². The molecule has 0 amide bonds. The molecule has 0 N–H and O–H groups in total. The molecule has 0 unspecified atom stereocenters. The van der Waals surface area contributed by atoms with E-state index in [1.54, 1.807) is 6.92 Å². The van der Waals surface area contributed by atoms with Crippen LogP contribution in [-0.4, -0.2) is 32.1 Å². The van der Waals surface area contributed by atoms with Crippen LogP contribution in [0.4, 0.5) is 0 Å². The number of hydrogen-bond acceptors (Lipinski definition) is 3. The van der Waals surface area contributed by atoms with Gasteiger partial charge in [0.15, 0.2) is 9.84 Å². The van der Waals surface area contributed by atoms with E-state index in [0.29, 0.717) is 6.61 Å². The van der Waals surface area contributed by atoms with Crippen LogP contribution in [0.1, 0.15) is 39.5 Å². The lowest BCUT2D eigenvalue weighted by Gasteiger charge is -2.35. The summed E-state index contributed by atoms with van der Waals surface area (Å²) in [6.07, 6.45) is 3.79.